The van der Waals surface area contributed by atoms with Crippen molar-refractivity contribution < 1.29 is 9.18 Å². The third-order valence-electron chi connectivity index (χ3n) is 2.52. The summed E-state index contributed by atoms with van der Waals surface area (Å²) in [6.45, 7) is 3.29. The molecule has 1 aromatic heterocycles. The lowest BCUT2D eigenvalue weighted by atomic mass is 10.0. The Morgan fingerprint density at radius 1 is 1.50 bits per heavy atom. The van der Waals surface area contributed by atoms with E-state index in [2.05, 4.69) is 15.6 Å². The third-order valence-corrected chi connectivity index (χ3v) is 2.52. The Labute approximate surface area is 92.6 Å². The average Bonchev–Trinajstić information content (AvgIpc) is 2.19. The molecular formula is C11H12FN3O. The smallest absolute Gasteiger partial charge is 0.252 e. The Morgan fingerprint density at radius 3 is 2.75 bits per heavy atom. The number of anilines is 1. The van der Waals surface area contributed by atoms with Gasteiger partial charge < -0.3 is 10.6 Å². The molecule has 0 radical (unpaired) electrons. The SMILES string of the molecule is CC(C(=O)Nc1ccc(F)cn1)=C1CNC1. The van der Waals surface area contributed by atoms with Crippen molar-refractivity contribution in [2.24, 2.45) is 0 Å². The van der Waals surface area contributed by atoms with Crippen molar-refractivity contribution in [1.29, 1.82) is 0 Å². The summed E-state index contributed by atoms with van der Waals surface area (Å²) in [6.07, 6.45) is 1.07. The van der Waals surface area contributed by atoms with Crippen LogP contribution >= 0.6 is 0 Å². The second kappa shape index (κ2) is 4.40. The minimum Gasteiger partial charge on any atom is -0.309 e. The van der Waals surface area contributed by atoms with E-state index in [0.29, 0.717) is 11.4 Å². The second-order valence-electron chi connectivity index (χ2n) is 3.65. The van der Waals surface area contributed by atoms with Crippen LogP contribution in [0.4, 0.5) is 10.2 Å². The Balaban J connectivity index is 2.04. The van der Waals surface area contributed by atoms with Gasteiger partial charge in [-0.1, -0.05) is 0 Å². The van der Waals surface area contributed by atoms with Crippen molar-refractivity contribution >= 4 is 11.7 Å². The molecule has 1 aromatic rings. The van der Waals surface area contributed by atoms with Crippen LogP contribution in [0.15, 0.2) is 29.5 Å². The predicted octanol–water partition coefficient (Wildman–Crippen LogP) is 1.08. The van der Waals surface area contributed by atoms with E-state index in [4.69, 9.17) is 0 Å². The molecule has 0 bridgehead atoms. The first-order valence-electron chi connectivity index (χ1n) is 4.99. The van der Waals surface area contributed by atoms with E-state index >= 15 is 0 Å². The third kappa shape index (κ3) is 2.25. The zero-order valence-corrected chi connectivity index (χ0v) is 8.88. The molecule has 1 amide bonds. The highest BCUT2D eigenvalue weighted by molar-refractivity contribution is 6.03. The van der Waals surface area contributed by atoms with Crippen molar-refractivity contribution in [3.05, 3.63) is 35.3 Å². The average molecular weight is 221 g/mol. The molecule has 0 aromatic carbocycles. The summed E-state index contributed by atoms with van der Waals surface area (Å²) in [5.74, 6) is -0.245. The molecule has 1 aliphatic heterocycles. The number of hydrogen-bond acceptors (Lipinski definition) is 3. The number of nitrogens with zero attached hydrogens (tertiary/aromatic N) is 1. The summed E-state index contributed by atoms with van der Waals surface area (Å²) < 4.78 is 12.6. The van der Waals surface area contributed by atoms with Crippen LogP contribution in [0.5, 0.6) is 0 Å². The number of rotatable bonds is 2. The molecule has 0 aliphatic carbocycles. The first-order valence-corrected chi connectivity index (χ1v) is 4.99. The zero-order chi connectivity index (χ0) is 11.5. The summed E-state index contributed by atoms with van der Waals surface area (Å²) in [6, 6.07) is 2.69. The Morgan fingerprint density at radius 2 is 2.25 bits per heavy atom. The minimum absolute atomic E-state index is 0.185. The first-order chi connectivity index (χ1) is 7.66. The quantitative estimate of drug-likeness (QED) is 0.735. The van der Waals surface area contributed by atoms with E-state index in [1.165, 1.54) is 12.1 Å². The number of halogens is 1. The van der Waals surface area contributed by atoms with Crippen LogP contribution in [0.25, 0.3) is 0 Å². The molecule has 0 saturated carbocycles. The lowest BCUT2D eigenvalue weighted by Crippen LogP contribution is -2.36. The number of hydrogen-bond donors (Lipinski definition) is 2. The van der Waals surface area contributed by atoms with Gasteiger partial charge in [-0.3, -0.25) is 4.79 Å². The first kappa shape index (κ1) is 10.8. The van der Waals surface area contributed by atoms with E-state index in [-0.39, 0.29) is 5.91 Å². The van der Waals surface area contributed by atoms with Gasteiger partial charge >= 0.3 is 0 Å². The molecule has 5 heteroatoms. The highest BCUT2D eigenvalue weighted by Crippen LogP contribution is 2.11. The number of nitrogens with one attached hydrogen (secondary N) is 2. The Bertz CT molecular complexity index is 433. The Hall–Kier alpha value is -1.75. The van der Waals surface area contributed by atoms with Crippen LogP contribution in [0.1, 0.15) is 6.92 Å². The van der Waals surface area contributed by atoms with Crippen molar-refractivity contribution in [3.8, 4) is 0 Å². The van der Waals surface area contributed by atoms with Crippen LogP contribution in [-0.4, -0.2) is 24.0 Å². The molecule has 0 spiro atoms. The highest BCUT2D eigenvalue weighted by Gasteiger charge is 2.16. The van der Waals surface area contributed by atoms with Crippen LogP contribution < -0.4 is 10.6 Å². The summed E-state index contributed by atoms with van der Waals surface area (Å²) >= 11 is 0. The van der Waals surface area contributed by atoms with E-state index in [1.54, 1.807) is 6.92 Å². The standard InChI is InChI=1S/C11H12FN3O/c1-7(8-4-13-5-8)11(16)15-10-3-2-9(12)6-14-10/h2-3,6,13H,4-5H2,1H3,(H,14,15,16). The highest BCUT2D eigenvalue weighted by atomic mass is 19.1. The van der Waals surface area contributed by atoms with Gasteiger partial charge in [0, 0.05) is 18.7 Å². The summed E-state index contributed by atoms with van der Waals surface area (Å²) in [7, 11) is 0. The van der Waals surface area contributed by atoms with Crippen LogP contribution in [0.3, 0.4) is 0 Å². The molecule has 16 heavy (non-hydrogen) atoms. The summed E-state index contributed by atoms with van der Waals surface area (Å²) in [4.78, 5) is 15.5. The van der Waals surface area contributed by atoms with Gasteiger partial charge in [-0.05, 0) is 24.6 Å². The normalized spacial score (nSPS) is 14.2. The van der Waals surface area contributed by atoms with Gasteiger partial charge in [0.05, 0.1) is 6.20 Å². The van der Waals surface area contributed by atoms with Gasteiger partial charge in [-0.25, -0.2) is 9.37 Å². The molecule has 1 saturated heterocycles. The molecular weight excluding hydrogens is 209 g/mol. The topological polar surface area (TPSA) is 54.0 Å². The van der Waals surface area contributed by atoms with Crippen molar-refractivity contribution in [1.82, 2.24) is 10.3 Å². The van der Waals surface area contributed by atoms with Crippen LogP contribution in [0, 0.1) is 5.82 Å². The number of pyridine rings is 1. The van der Waals surface area contributed by atoms with Crippen LogP contribution in [-0.2, 0) is 4.79 Å². The maximum atomic E-state index is 12.6. The van der Waals surface area contributed by atoms with Crippen molar-refractivity contribution in [3.63, 3.8) is 0 Å². The monoisotopic (exact) mass is 221 g/mol. The number of carbonyl (C=O) groups is 1. The molecule has 2 heterocycles. The molecule has 4 nitrogen and oxygen atoms in total. The predicted molar refractivity (Wildman–Crippen MR) is 58.4 cm³/mol. The van der Waals surface area contributed by atoms with Gasteiger partial charge in [0.15, 0.2) is 0 Å². The van der Waals surface area contributed by atoms with E-state index in [9.17, 15) is 9.18 Å². The molecule has 2 rings (SSSR count). The van der Waals surface area contributed by atoms with Gasteiger partial charge in [0.25, 0.3) is 5.91 Å². The molecule has 2 N–H and O–H groups in total. The lowest BCUT2D eigenvalue weighted by molar-refractivity contribution is -0.112. The van der Waals surface area contributed by atoms with Crippen molar-refractivity contribution in [2.75, 3.05) is 18.4 Å². The maximum absolute atomic E-state index is 12.6. The number of carbonyl (C=O) groups excluding carboxylic acids is 1. The number of amides is 1. The van der Waals surface area contributed by atoms with Gasteiger partial charge in [-0.2, -0.15) is 0 Å². The van der Waals surface area contributed by atoms with E-state index in [0.717, 1.165) is 24.9 Å². The summed E-state index contributed by atoms with van der Waals surface area (Å²) in [5.41, 5.74) is 1.80. The van der Waals surface area contributed by atoms with Gasteiger partial charge in [0.2, 0.25) is 0 Å². The molecule has 84 valence electrons. The fraction of sp³-hybridized carbons (Fsp3) is 0.273. The van der Waals surface area contributed by atoms with Crippen molar-refractivity contribution in [2.45, 2.75) is 6.92 Å². The maximum Gasteiger partial charge on any atom is 0.252 e. The summed E-state index contributed by atoms with van der Waals surface area (Å²) in [5, 5.41) is 5.68. The van der Waals surface area contributed by atoms with Gasteiger partial charge in [-0.15, -0.1) is 0 Å². The van der Waals surface area contributed by atoms with Gasteiger partial charge in [0.1, 0.15) is 11.6 Å². The zero-order valence-electron chi connectivity index (χ0n) is 8.88. The second-order valence-corrected chi connectivity index (χ2v) is 3.65. The fourth-order valence-corrected chi connectivity index (χ4v) is 1.34. The Kier molecular flexibility index (Phi) is 2.96. The molecule has 1 fully saturated rings. The minimum atomic E-state index is -0.420. The molecule has 0 atom stereocenters. The largest absolute Gasteiger partial charge is 0.309 e. The molecule has 0 unspecified atom stereocenters. The lowest BCUT2D eigenvalue weighted by Gasteiger charge is -2.21. The molecule has 1 aliphatic rings. The number of aromatic nitrogens is 1. The van der Waals surface area contributed by atoms with E-state index in [1.807, 2.05) is 0 Å². The van der Waals surface area contributed by atoms with Crippen LogP contribution in [0.2, 0.25) is 0 Å². The fourth-order valence-electron chi connectivity index (χ4n) is 1.34. The van der Waals surface area contributed by atoms with E-state index < -0.39 is 5.82 Å².